The van der Waals surface area contributed by atoms with E-state index in [4.69, 9.17) is 5.73 Å². The molecule has 0 atom stereocenters. The zero-order valence-corrected chi connectivity index (χ0v) is 17.0. The summed E-state index contributed by atoms with van der Waals surface area (Å²) >= 11 is 0. The Morgan fingerprint density at radius 3 is 2.30 bits per heavy atom. The highest BCUT2D eigenvalue weighted by Crippen LogP contribution is 2.29. The van der Waals surface area contributed by atoms with Crippen molar-refractivity contribution in [3.8, 4) is 0 Å². The molecule has 1 aromatic heterocycles. The van der Waals surface area contributed by atoms with Crippen molar-refractivity contribution in [3.05, 3.63) is 36.0 Å². The Hall–Kier alpha value is -2.15. The molecule has 7 heteroatoms. The van der Waals surface area contributed by atoms with E-state index in [9.17, 15) is 8.42 Å². The van der Waals surface area contributed by atoms with Crippen molar-refractivity contribution in [2.24, 2.45) is 0 Å². The molecule has 0 radical (unpaired) electrons. The van der Waals surface area contributed by atoms with Crippen molar-refractivity contribution in [1.82, 2.24) is 9.97 Å². The van der Waals surface area contributed by atoms with E-state index >= 15 is 0 Å². The van der Waals surface area contributed by atoms with Crippen molar-refractivity contribution < 1.29 is 8.42 Å². The average molecular weight is 389 g/mol. The summed E-state index contributed by atoms with van der Waals surface area (Å²) in [5.41, 5.74) is 7.12. The quantitative estimate of drug-likeness (QED) is 0.838. The predicted octanol–water partition coefficient (Wildman–Crippen LogP) is 3.78. The van der Waals surface area contributed by atoms with Crippen LogP contribution in [0.5, 0.6) is 0 Å². The summed E-state index contributed by atoms with van der Waals surface area (Å²) in [7, 11) is -1.80. The fourth-order valence-corrected chi connectivity index (χ4v) is 4.80. The van der Waals surface area contributed by atoms with Gasteiger partial charge < -0.3 is 10.6 Å². The number of nitrogens with zero attached hydrogens (tertiary/aromatic N) is 3. The van der Waals surface area contributed by atoms with E-state index in [0.717, 1.165) is 18.4 Å². The Morgan fingerprint density at radius 1 is 1.11 bits per heavy atom. The van der Waals surface area contributed by atoms with Gasteiger partial charge in [0.1, 0.15) is 10.7 Å². The first-order valence-corrected chi connectivity index (χ1v) is 11.0. The Morgan fingerprint density at radius 2 is 1.74 bits per heavy atom. The number of hydrogen-bond donors (Lipinski definition) is 1. The summed E-state index contributed by atoms with van der Waals surface area (Å²) < 4.78 is 25.9. The Kier molecular flexibility index (Phi) is 5.69. The van der Waals surface area contributed by atoms with E-state index in [1.165, 1.54) is 25.5 Å². The van der Waals surface area contributed by atoms with Crippen LogP contribution in [0.25, 0.3) is 0 Å². The Bertz CT molecular complexity index is 889. The molecular weight excluding hydrogens is 360 g/mol. The second kappa shape index (κ2) is 7.84. The number of aromatic nitrogens is 2. The summed E-state index contributed by atoms with van der Waals surface area (Å²) in [5, 5.41) is 0. The molecule has 1 fully saturated rings. The van der Waals surface area contributed by atoms with Crippen LogP contribution in [0, 0.1) is 0 Å². The molecule has 0 bridgehead atoms. The summed E-state index contributed by atoms with van der Waals surface area (Å²) in [5.74, 6) is 0.814. The van der Waals surface area contributed by atoms with E-state index in [1.807, 2.05) is 24.1 Å². The molecule has 6 nitrogen and oxygen atoms in total. The van der Waals surface area contributed by atoms with Crippen LogP contribution in [0.2, 0.25) is 0 Å². The molecule has 2 N–H and O–H groups in total. The van der Waals surface area contributed by atoms with Crippen molar-refractivity contribution >= 4 is 21.6 Å². The van der Waals surface area contributed by atoms with E-state index in [2.05, 4.69) is 23.8 Å². The molecule has 0 unspecified atom stereocenters. The van der Waals surface area contributed by atoms with Gasteiger partial charge in [0.2, 0.25) is 15.8 Å². The maximum absolute atomic E-state index is 12.9. The highest BCUT2D eigenvalue weighted by atomic mass is 32.2. The predicted molar refractivity (Wildman–Crippen MR) is 108 cm³/mol. The first kappa shape index (κ1) is 19.6. The Labute approximate surface area is 161 Å². The van der Waals surface area contributed by atoms with Crippen LogP contribution >= 0.6 is 0 Å². The third kappa shape index (κ3) is 4.08. The molecule has 3 rings (SSSR count). The topological polar surface area (TPSA) is 89.2 Å². The second-order valence-electron chi connectivity index (χ2n) is 7.55. The van der Waals surface area contributed by atoms with Crippen molar-refractivity contribution in [2.45, 2.75) is 67.7 Å². The van der Waals surface area contributed by atoms with Gasteiger partial charge >= 0.3 is 0 Å². The molecule has 1 heterocycles. The normalized spacial score (nSPS) is 15.9. The number of hydrogen-bond acceptors (Lipinski definition) is 6. The number of sulfone groups is 1. The molecule has 1 aromatic carbocycles. The molecule has 27 heavy (non-hydrogen) atoms. The third-order valence-corrected chi connectivity index (χ3v) is 7.14. The van der Waals surface area contributed by atoms with Crippen LogP contribution in [0.3, 0.4) is 0 Å². The lowest BCUT2D eigenvalue weighted by Gasteiger charge is -2.31. The summed E-state index contributed by atoms with van der Waals surface area (Å²) in [6.07, 6.45) is 7.19. The molecular formula is C20H28N4O2S. The maximum atomic E-state index is 12.9. The summed E-state index contributed by atoms with van der Waals surface area (Å²) in [6, 6.07) is 7.28. The van der Waals surface area contributed by atoms with Gasteiger partial charge in [0.25, 0.3) is 0 Å². The monoisotopic (exact) mass is 388 g/mol. The van der Waals surface area contributed by atoms with E-state index in [0.29, 0.717) is 17.9 Å². The zero-order valence-electron chi connectivity index (χ0n) is 16.2. The largest absolute Gasteiger partial charge is 0.382 e. The van der Waals surface area contributed by atoms with Gasteiger partial charge in [-0.05, 0) is 36.5 Å². The molecule has 1 aliphatic rings. The van der Waals surface area contributed by atoms with Crippen molar-refractivity contribution in [1.29, 1.82) is 0 Å². The number of rotatable bonds is 5. The number of anilines is 2. The van der Waals surface area contributed by atoms with Gasteiger partial charge in [0.05, 0.1) is 11.1 Å². The van der Waals surface area contributed by atoms with Crippen LogP contribution in [0.4, 0.5) is 11.8 Å². The molecule has 0 aliphatic heterocycles. The minimum atomic E-state index is -3.75. The maximum Gasteiger partial charge on any atom is 0.227 e. The van der Waals surface area contributed by atoms with Crippen LogP contribution in [-0.2, 0) is 9.84 Å². The minimum Gasteiger partial charge on any atom is -0.382 e. The van der Waals surface area contributed by atoms with Gasteiger partial charge in [-0.3, -0.25) is 0 Å². The average Bonchev–Trinajstić information content (AvgIpc) is 2.67. The van der Waals surface area contributed by atoms with Gasteiger partial charge in [-0.1, -0.05) is 45.2 Å². The fraction of sp³-hybridized carbons (Fsp3) is 0.500. The van der Waals surface area contributed by atoms with Crippen molar-refractivity contribution in [2.75, 3.05) is 17.7 Å². The van der Waals surface area contributed by atoms with Crippen LogP contribution in [0.15, 0.2) is 40.3 Å². The lowest BCUT2D eigenvalue weighted by atomic mass is 9.95. The molecule has 1 aliphatic carbocycles. The molecule has 0 spiro atoms. The third-order valence-electron chi connectivity index (χ3n) is 5.35. The first-order valence-electron chi connectivity index (χ1n) is 9.51. The van der Waals surface area contributed by atoms with Crippen LogP contribution < -0.4 is 10.6 Å². The molecule has 1 saturated carbocycles. The lowest BCUT2D eigenvalue weighted by molar-refractivity contribution is 0.424. The van der Waals surface area contributed by atoms with E-state index in [1.54, 1.807) is 12.1 Å². The van der Waals surface area contributed by atoms with Crippen molar-refractivity contribution in [3.63, 3.8) is 0 Å². The second-order valence-corrected chi connectivity index (χ2v) is 9.47. The van der Waals surface area contributed by atoms with E-state index in [-0.39, 0.29) is 15.6 Å². The number of nitrogens with two attached hydrogens (primary N) is 1. The molecule has 0 amide bonds. The van der Waals surface area contributed by atoms with Gasteiger partial charge in [-0.25, -0.2) is 13.4 Å². The zero-order chi connectivity index (χ0) is 19.6. The summed E-state index contributed by atoms with van der Waals surface area (Å²) in [4.78, 5) is 10.8. The van der Waals surface area contributed by atoms with Gasteiger partial charge in [0, 0.05) is 13.1 Å². The van der Waals surface area contributed by atoms with E-state index < -0.39 is 9.84 Å². The highest BCUT2D eigenvalue weighted by molar-refractivity contribution is 7.91. The minimum absolute atomic E-state index is 0.00408. The SMILES string of the molecule is CC(C)c1ccc(S(=O)(=O)c2cnc(N(C)C3CCCCC3)nc2N)cc1. The molecule has 2 aromatic rings. The standard InChI is InChI=1S/C20H28N4O2S/c1-14(2)15-9-11-17(12-10-15)27(25,26)18-13-22-20(23-19(18)21)24(3)16-7-5-4-6-8-16/h9-14,16H,4-8H2,1-3H3,(H2,21,22,23). The van der Waals surface area contributed by atoms with Gasteiger partial charge in [-0.2, -0.15) is 4.98 Å². The van der Waals surface area contributed by atoms with Gasteiger partial charge in [0.15, 0.2) is 0 Å². The lowest BCUT2D eigenvalue weighted by Crippen LogP contribution is -2.34. The fourth-order valence-electron chi connectivity index (χ4n) is 3.54. The number of nitrogen functional groups attached to an aromatic ring is 1. The number of benzene rings is 1. The van der Waals surface area contributed by atoms with Crippen LogP contribution in [-0.4, -0.2) is 31.5 Å². The van der Waals surface area contributed by atoms with Gasteiger partial charge in [-0.15, -0.1) is 0 Å². The van der Waals surface area contributed by atoms with Crippen LogP contribution in [0.1, 0.15) is 57.4 Å². The summed E-state index contributed by atoms with van der Waals surface area (Å²) in [6.45, 7) is 4.13. The molecule has 0 saturated heterocycles. The highest BCUT2D eigenvalue weighted by Gasteiger charge is 2.25. The Balaban J connectivity index is 1.87. The smallest absolute Gasteiger partial charge is 0.227 e. The molecule has 146 valence electrons. The first-order chi connectivity index (χ1) is 12.8.